The van der Waals surface area contributed by atoms with Crippen molar-refractivity contribution in [3.05, 3.63) is 29.1 Å². The summed E-state index contributed by atoms with van der Waals surface area (Å²) in [6.07, 6.45) is 5.61. The lowest BCUT2D eigenvalue weighted by molar-refractivity contribution is -0.140. The molecule has 0 saturated heterocycles. The highest BCUT2D eigenvalue weighted by molar-refractivity contribution is 5.91. The van der Waals surface area contributed by atoms with Gasteiger partial charge in [-0.05, 0) is 74.8 Å². The van der Waals surface area contributed by atoms with Gasteiger partial charge in [0.2, 0.25) is 0 Å². The Balaban J connectivity index is 1.67. The normalized spacial score (nSPS) is 35.3. The molecule has 4 atom stereocenters. The first-order chi connectivity index (χ1) is 13.2. The molecule has 2 nitrogen and oxygen atoms in total. The number of carbonyl (C=O) groups excluding carboxylic acids is 1. The maximum absolute atomic E-state index is 14.0. The second-order valence-electron chi connectivity index (χ2n) is 9.71. The van der Waals surface area contributed by atoms with Crippen molar-refractivity contribution in [2.45, 2.75) is 84.2 Å². The van der Waals surface area contributed by atoms with Crippen LogP contribution in [0.3, 0.4) is 0 Å². The van der Waals surface area contributed by atoms with Gasteiger partial charge < -0.3 is 0 Å². The number of carbonyl (C=O) groups is 1. The third-order valence-corrected chi connectivity index (χ3v) is 7.92. The number of aromatic nitrogens is 1. The number of hydrogen-bond acceptors (Lipinski definition) is 2. The summed E-state index contributed by atoms with van der Waals surface area (Å²) in [6.45, 7) is 4.21. The molecule has 1 aromatic rings. The molecule has 0 spiro atoms. The molecule has 0 N–H and O–H groups in total. The van der Waals surface area contributed by atoms with E-state index < -0.39 is 17.2 Å². The molecular formula is C23H30F3NO. The lowest BCUT2D eigenvalue weighted by Gasteiger charge is -2.38. The van der Waals surface area contributed by atoms with Crippen molar-refractivity contribution >= 4 is 5.78 Å². The molecule has 1 aromatic heterocycles. The van der Waals surface area contributed by atoms with Gasteiger partial charge in [0.05, 0.1) is 5.56 Å². The number of pyridine rings is 1. The van der Waals surface area contributed by atoms with E-state index in [0.717, 1.165) is 63.3 Å². The van der Waals surface area contributed by atoms with Crippen molar-refractivity contribution in [2.75, 3.05) is 0 Å². The molecule has 0 radical (unpaired) electrons. The average Bonchev–Trinajstić information content (AvgIpc) is 3.13. The molecule has 1 unspecified atom stereocenters. The number of nitrogens with zero attached hydrogens (tertiary/aromatic N) is 1. The molecule has 2 fully saturated rings. The van der Waals surface area contributed by atoms with Crippen molar-refractivity contribution in [1.29, 1.82) is 0 Å². The maximum atomic E-state index is 14.0. The topological polar surface area (TPSA) is 30.0 Å². The van der Waals surface area contributed by atoms with E-state index in [0.29, 0.717) is 36.0 Å². The minimum absolute atomic E-state index is 0.227. The largest absolute Gasteiger partial charge is 0.417 e. The van der Waals surface area contributed by atoms with Crippen LogP contribution in [0.2, 0.25) is 0 Å². The third-order valence-electron chi connectivity index (χ3n) is 7.92. The van der Waals surface area contributed by atoms with Gasteiger partial charge in [0.1, 0.15) is 5.78 Å². The molecule has 0 bridgehead atoms. The molecule has 3 aliphatic rings. The van der Waals surface area contributed by atoms with Crippen LogP contribution in [0.15, 0.2) is 12.3 Å². The van der Waals surface area contributed by atoms with E-state index >= 15 is 0 Å². The number of ketones is 1. The summed E-state index contributed by atoms with van der Waals surface area (Å²) in [5.74, 6) is 1.43. The Morgan fingerprint density at radius 3 is 2.79 bits per heavy atom. The number of aryl methyl sites for hydroxylation is 1. The Kier molecular flexibility index (Phi) is 4.86. The van der Waals surface area contributed by atoms with Gasteiger partial charge in [-0.1, -0.05) is 26.7 Å². The highest BCUT2D eigenvalue weighted by Crippen LogP contribution is 2.60. The Morgan fingerprint density at radius 2 is 2.07 bits per heavy atom. The van der Waals surface area contributed by atoms with Gasteiger partial charge in [0, 0.05) is 22.7 Å². The number of hydrogen-bond donors (Lipinski definition) is 0. The Morgan fingerprint density at radius 1 is 1.29 bits per heavy atom. The molecule has 154 valence electrons. The predicted octanol–water partition coefficient (Wildman–Crippen LogP) is 6.16. The number of Topliss-reactive ketones (excluding diaryl/α,β-unsaturated/α-hetero) is 1. The molecule has 5 heteroatoms. The zero-order chi connectivity index (χ0) is 20.2. The molecular weight excluding hydrogens is 363 g/mol. The second-order valence-corrected chi connectivity index (χ2v) is 9.71. The standard InChI is InChI=1S/C23H30F3NO/c1-3-15-10-17-6-4-9-22(17,12-15)20(28)21(2)8-5-7-19-16(13-21)11-18(14-27-19)23(24,25)26/h11,14-15,17H,3-10,12-13H2,1-2H3/t15-,17-,21?,22-/m1/s1. The molecule has 4 rings (SSSR count). The van der Waals surface area contributed by atoms with Crippen LogP contribution in [-0.4, -0.2) is 10.8 Å². The second kappa shape index (κ2) is 6.84. The van der Waals surface area contributed by atoms with Crippen molar-refractivity contribution in [3.8, 4) is 0 Å². The van der Waals surface area contributed by atoms with Crippen LogP contribution in [0.1, 0.15) is 82.0 Å². The molecule has 0 aliphatic heterocycles. The van der Waals surface area contributed by atoms with E-state index in [1.807, 2.05) is 6.92 Å². The fourth-order valence-electron chi connectivity index (χ4n) is 6.48. The van der Waals surface area contributed by atoms with Crippen molar-refractivity contribution in [1.82, 2.24) is 4.98 Å². The lowest BCUT2D eigenvalue weighted by atomic mass is 9.63. The molecule has 1 heterocycles. The Labute approximate surface area is 165 Å². The van der Waals surface area contributed by atoms with E-state index in [9.17, 15) is 18.0 Å². The van der Waals surface area contributed by atoms with Gasteiger partial charge in [-0.25, -0.2) is 0 Å². The lowest BCUT2D eigenvalue weighted by Crippen LogP contribution is -2.43. The van der Waals surface area contributed by atoms with E-state index in [-0.39, 0.29) is 5.41 Å². The summed E-state index contributed by atoms with van der Waals surface area (Å²) in [6, 6.07) is 1.24. The van der Waals surface area contributed by atoms with Crippen molar-refractivity contribution in [3.63, 3.8) is 0 Å². The average molecular weight is 393 g/mol. The third kappa shape index (κ3) is 3.19. The molecule has 0 amide bonds. The van der Waals surface area contributed by atoms with Gasteiger partial charge in [-0.2, -0.15) is 13.2 Å². The van der Waals surface area contributed by atoms with E-state index in [2.05, 4.69) is 11.9 Å². The van der Waals surface area contributed by atoms with Crippen LogP contribution in [0.25, 0.3) is 0 Å². The van der Waals surface area contributed by atoms with Crippen LogP contribution < -0.4 is 0 Å². The monoisotopic (exact) mass is 393 g/mol. The van der Waals surface area contributed by atoms with E-state index in [1.165, 1.54) is 6.07 Å². The predicted molar refractivity (Wildman–Crippen MR) is 102 cm³/mol. The highest BCUT2D eigenvalue weighted by Gasteiger charge is 2.58. The summed E-state index contributed by atoms with van der Waals surface area (Å²) < 4.78 is 39.6. The van der Waals surface area contributed by atoms with Crippen LogP contribution >= 0.6 is 0 Å². The zero-order valence-electron chi connectivity index (χ0n) is 16.9. The van der Waals surface area contributed by atoms with Crippen LogP contribution in [0, 0.1) is 22.7 Å². The van der Waals surface area contributed by atoms with E-state index in [1.54, 1.807) is 0 Å². The van der Waals surface area contributed by atoms with Crippen molar-refractivity contribution in [2.24, 2.45) is 22.7 Å². The van der Waals surface area contributed by atoms with Crippen molar-refractivity contribution < 1.29 is 18.0 Å². The van der Waals surface area contributed by atoms with Gasteiger partial charge in [-0.3, -0.25) is 9.78 Å². The molecule has 28 heavy (non-hydrogen) atoms. The highest BCUT2D eigenvalue weighted by atomic mass is 19.4. The number of rotatable bonds is 3. The number of alkyl halides is 3. The Bertz CT molecular complexity index is 774. The fraction of sp³-hybridized carbons (Fsp3) is 0.739. The smallest absolute Gasteiger partial charge is 0.298 e. The summed E-state index contributed by atoms with van der Waals surface area (Å²) >= 11 is 0. The minimum atomic E-state index is -4.40. The maximum Gasteiger partial charge on any atom is 0.417 e. The summed E-state index contributed by atoms with van der Waals surface area (Å²) in [5.41, 5.74) is -0.147. The fourth-order valence-corrected chi connectivity index (χ4v) is 6.48. The summed E-state index contributed by atoms with van der Waals surface area (Å²) in [4.78, 5) is 18.1. The van der Waals surface area contributed by atoms with Crippen LogP contribution in [0.4, 0.5) is 13.2 Å². The van der Waals surface area contributed by atoms with Crippen LogP contribution in [0.5, 0.6) is 0 Å². The minimum Gasteiger partial charge on any atom is -0.298 e. The van der Waals surface area contributed by atoms with Crippen LogP contribution in [-0.2, 0) is 23.8 Å². The summed E-state index contributed by atoms with van der Waals surface area (Å²) in [7, 11) is 0. The first-order valence-electron chi connectivity index (χ1n) is 10.8. The van der Waals surface area contributed by atoms with E-state index in [4.69, 9.17) is 0 Å². The first-order valence-corrected chi connectivity index (χ1v) is 10.8. The molecule has 2 saturated carbocycles. The summed E-state index contributed by atoms with van der Waals surface area (Å²) in [5, 5.41) is 0. The first kappa shape index (κ1) is 19.9. The molecule has 3 aliphatic carbocycles. The number of fused-ring (bicyclic) bond motifs is 2. The molecule has 0 aromatic carbocycles. The van der Waals surface area contributed by atoms with Gasteiger partial charge in [0.15, 0.2) is 0 Å². The quantitative estimate of drug-likeness (QED) is 0.576. The SMILES string of the molecule is CC[C@@H]1C[C@H]2CCC[C@@]2(C(=O)C2(C)CCCc3ncc(C(F)(F)F)cc3C2)C1. The Hall–Kier alpha value is -1.39. The number of halogens is 3. The zero-order valence-corrected chi connectivity index (χ0v) is 16.9. The van der Waals surface area contributed by atoms with Gasteiger partial charge >= 0.3 is 6.18 Å². The van der Waals surface area contributed by atoms with Gasteiger partial charge in [-0.15, -0.1) is 0 Å². The van der Waals surface area contributed by atoms with Gasteiger partial charge in [0.25, 0.3) is 0 Å².